The van der Waals surface area contributed by atoms with E-state index in [1.54, 1.807) is 7.11 Å². The third kappa shape index (κ3) is 4.95. The summed E-state index contributed by atoms with van der Waals surface area (Å²) in [5.41, 5.74) is 0.941. The molecule has 0 saturated carbocycles. The summed E-state index contributed by atoms with van der Waals surface area (Å²) >= 11 is 0. The number of aromatic nitrogens is 3. The zero-order chi connectivity index (χ0) is 18.5. The molecule has 1 N–H and O–H groups in total. The number of piperidine rings is 2. The second-order valence-electron chi connectivity index (χ2n) is 7.21. The predicted molar refractivity (Wildman–Crippen MR) is 115 cm³/mol. The van der Waals surface area contributed by atoms with Crippen LogP contribution in [0.3, 0.4) is 0 Å². The summed E-state index contributed by atoms with van der Waals surface area (Å²) in [4.78, 5) is 18.8. The average Bonchev–Trinajstić information content (AvgIpc) is 2.75. The van der Waals surface area contributed by atoms with Crippen molar-refractivity contribution in [1.29, 1.82) is 0 Å². The Labute approximate surface area is 172 Å². The molecule has 3 heterocycles. The van der Waals surface area contributed by atoms with Gasteiger partial charge in [0.1, 0.15) is 5.75 Å². The largest absolute Gasteiger partial charge is 0.497 e. The third-order valence-electron chi connectivity index (χ3n) is 5.24. The molecule has 0 radical (unpaired) electrons. The fourth-order valence-electron chi connectivity index (χ4n) is 3.68. The zero-order valence-corrected chi connectivity index (χ0v) is 17.2. The quantitative estimate of drug-likeness (QED) is 0.806. The Morgan fingerprint density at radius 1 is 0.750 bits per heavy atom. The van der Waals surface area contributed by atoms with E-state index in [1.165, 1.54) is 38.5 Å². The number of hydrogen-bond acceptors (Lipinski definition) is 7. The minimum atomic E-state index is 0. The van der Waals surface area contributed by atoms with Crippen molar-refractivity contribution in [2.45, 2.75) is 38.5 Å². The summed E-state index contributed by atoms with van der Waals surface area (Å²) in [5.74, 6) is 3.03. The molecule has 152 valence electrons. The van der Waals surface area contributed by atoms with Crippen molar-refractivity contribution in [2.24, 2.45) is 0 Å². The fourth-order valence-corrected chi connectivity index (χ4v) is 3.68. The van der Waals surface area contributed by atoms with E-state index < -0.39 is 0 Å². The highest BCUT2D eigenvalue weighted by Crippen LogP contribution is 2.24. The summed E-state index contributed by atoms with van der Waals surface area (Å²) < 4.78 is 5.23. The minimum Gasteiger partial charge on any atom is -0.497 e. The lowest BCUT2D eigenvalue weighted by molar-refractivity contribution is 0.415. The molecule has 2 saturated heterocycles. The van der Waals surface area contributed by atoms with E-state index in [0.717, 1.165) is 49.5 Å². The number of nitrogens with one attached hydrogen (secondary N) is 1. The summed E-state index contributed by atoms with van der Waals surface area (Å²) in [7, 11) is 1.67. The molecule has 0 atom stereocenters. The molecular formula is C20H29ClN6O. The number of anilines is 4. The van der Waals surface area contributed by atoms with E-state index in [-0.39, 0.29) is 12.4 Å². The molecule has 2 fully saturated rings. The Bertz CT molecular complexity index is 709. The number of nitrogens with zero attached hydrogens (tertiary/aromatic N) is 5. The average molecular weight is 405 g/mol. The van der Waals surface area contributed by atoms with Gasteiger partial charge in [-0.1, -0.05) is 0 Å². The van der Waals surface area contributed by atoms with Crippen molar-refractivity contribution in [1.82, 2.24) is 15.0 Å². The van der Waals surface area contributed by atoms with E-state index in [2.05, 4.69) is 15.1 Å². The maximum absolute atomic E-state index is 5.23. The van der Waals surface area contributed by atoms with Gasteiger partial charge in [0.05, 0.1) is 7.11 Å². The molecule has 0 unspecified atom stereocenters. The lowest BCUT2D eigenvalue weighted by atomic mass is 10.1. The van der Waals surface area contributed by atoms with Crippen LogP contribution in [-0.2, 0) is 0 Å². The van der Waals surface area contributed by atoms with E-state index >= 15 is 0 Å². The topological polar surface area (TPSA) is 66.4 Å². The van der Waals surface area contributed by atoms with Crippen molar-refractivity contribution >= 4 is 35.9 Å². The van der Waals surface area contributed by atoms with Crippen LogP contribution in [0.25, 0.3) is 0 Å². The van der Waals surface area contributed by atoms with Crippen molar-refractivity contribution in [3.05, 3.63) is 24.3 Å². The van der Waals surface area contributed by atoms with Gasteiger partial charge in [-0.05, 0) is 62.8 Å². The molecule has 2 aliphatic heterocycles. The van der Waals surface area contributed by atoms with Gasteiger partial charge in [-0.15, -0.1) is 12.4 Å². The molecule has 2 aliphatic rings. The molecule has 0 amide bonds. The number of methoxy groups -OCH3 is 1. The molecule has 1 aromatic carbocycles. The second-order valence-corrected chi connectivity index (χ2v) is 7.21. The van der Waals surface area contributed by atoms with Crippen LogP contribution in [0.2, 0.25) is 0 Å². The number of benzene rings is 1. The number of halogens is 1. The zero-order valence-electron chi connectivity index (χ0n) is 16.4. The molecule has 1 aromatic heterocycles. The molecule has 4 rings (SSSR count). The van der Waals surface area contributed by atoms with E-state index in [4.69, 9.17) is 19.7 Å². The number of rotatable bonds is 5. The highest BCUT2D eigenvalue weighted by Gasteiger charge is 2.20. The van der Waals surface area contributed by atoms with Crippen molar-refractivity contribution in [3.8, 4) is 5.75 Å². The van der Waals surface area contributed by atoms with Crippen LogP contribution >= 0.6 is 12.4 Å². The standard InChI is InChI=1S/C20H28N6O.ClH/c1-27-17-10-8-16(9-11-17)21-18-22-19(25-12-4-2-5-13-25)24-20(23-18)26-14-6-3-7-15-26;/h8-11H,2-7,12-15H2,1H3,(H,21,22,23,24);1H. The lowest BCUT2D eigenvalue weighted by Crippen LogP contribution is -2.34. The second kappa shape index (κ2) is 9.78. The van der Waals surface area contributed by atoms with Crippen LogP contribution in [0.1, 0.15) is 38.5 Å². The van der Waals surface area contributed by atoms with E-state index in [1.807, 2.05) is 24.3 Å². The molecule has 0 spiro atoms. The Kier molecular flexibility index (Phi) is 7.14. The van der Waals surface area contributed by atoms with Crippen molar-refractivity contribution in [2.75, 3.05) is 48.4 Å². The molecule has 0 bridgehead atoms. The highest BCUT2D eigenvalue weighted by atomic mass is 35.5. The van der Waals surface area contributed by atoms with E-state index in [0.29, 0.717) is 5.95 Å². The van der Waals surface area contributed by atoms with Gasteiger partial charge in [0.25, 0.3) is 0 Å². The summed E-state index contributed by atoms with van der Waals surface area (Å²) in [5, 5.41) is 3.34. The maximum atomic E-state index is 5.23. The summed E-state index contributed by atoms with van der Waals surface area (Å²) in [6, 6.07) is 7.81. The van der Waals surface area contributed by atoms with Crippen LogP contribution in [0.5, 0.6) is 5.75 Å². The van der Waals surface area contributed by atoms with Gasteiger partial charge < -0.3 is 19.9 Å². The van der Waals surface area contributed by atoms with Crippen LogP contribution in [0.4, 0.5) is 23.5 Å². The van der Waals surface area contributed by atoms with Crippen molar-refractivity contribution < 1.29 is 4.74 Å². The van der Waals surface area contributed by atoms with Gasteiger partial charge in [-0.25, -0.2) is 0 Å². The molecular weight excluding hydrogens is 376 g/mol. The Morgan fingerprint density at radius 2 is 1.25 bits per heavy atom. The smallest absolute Gasteiger partial charge is 0.233 e. The van der Waals surface area contributed by atoms with Gasteiger partial charge in [-0.2, -0.15) is 15.0 Å². The van der Waals surface area contributed by atoms with Gasteiger partial charge in [0.15, 0.2) is 0 Å². The van der Waals surface area contributed by atoms with Crippen LogP contribution in [0.15, 0.2) is 24.3 Å². The molecule has 7 nitrogen and oxygen atoms in total. The Morgan fingerprint density at radius 3 is 1.71 bits per heavy atom. The number of ether oxygens (including phenoxy) is 1. The van der Waals surface area contributed by atoms with E-state index in [9.17, 15) is 0 Å². The monoisotopic (exact) mass is 404 g/mol. The van der Waals surface area contributed by atoms with Crippen LogP contribution in [-0.4, -0.2) is 48.2 Å². The van der Waals surface area contributed by atoms with Crippen LogP contribution in [0, 0.1) is 0 Å². The molecule has 2 aromatic rings. The van der Waals surface area contributed by atoms with Gasteiger partial charge in [0, 0.05) is 31.9 Å². The number of hydrogen-bond donors (Lipinski definition) is 1. The Balaban J connectivity index is 0.00000225. The Hall–Kier alpha value is -2.28. The summed E-state index contributed by atoms with van der Waals surface area (Å²) in [6.45, 7) is 4.08. The maximum Gasteiger partial charge on any atom is 0.233 e. The van der Waals surface area contributed by atoms with Crippen molar-refractivity contribution in [3.63, 3.8) is 0 Å². The van der Waals surface area contributed by atoms with Crippen LogP contribution < -0.4 is 19.9 Å². The fraction of sp³-hybridized carbons (Fsp3) is 0.550. The first-order valence-corrected chi connectivity index (χ1v) is 9.99. The van der Waals surface area contributed by atoms with Gasteiger partial charge in [-0.3, -0.25) is 0 Å². The van der Waals surface area contributed by atoms with Gasteiger partial charge in [0.2, 0.25) is 17.8 Å². The third-order valence-corrected chi connectivity index (χ3v) is 5.24. The minimum absolute atomic E-state index is 0. The predicted octanol–water partition coefficient (Wildman–Crippen LogP) is 4.03. The summed E-state index contributed by atoms with van der Waals surface area (Å²) in [6.07, 6.45) is 7.38. The molecule has 28 heavy (non-hydrogen) atoms. The first-order valence-electron chi connectivity index (χ1n) is 9.99. The SMILES string of the molecule is COc1ccc(Nc2nc(N3CCCCC3)nc(N3CCCCC3)n2)cc1.Cl. The highest BCUT2D eigenvalue weighted by molar-refractivity contribution is 5.85. The lowest BCUT2D eigenvalue weighted by Gasteiger charge is -2.30. The molecule has 8 heteroatoms. The normalized spacial score (nSPS) is 17.0. The molecule has 0 aliphatic carbocycles. The first-order chi connectivity index (χ1) is 13.3. The first kappa shape index (κ1) is 20.5. The van der Waals surface area contributed by atoms with Gasteiger partial charge >= 0.3 is 0 Å².